The number of para-hydroxylation sites is 1. The maximum absolute atomic E-state index is 11.6. The second kappa shape index (κ2) is 9.16. The Morgan fingerprint density at radius 1 is 0.914 bits per heavy atom. The summed E-state index contributed by atoms with van der Waals surface area (Å²) in [4.78, 5) is 6.70. The van der Waals surface area contributed by atoms with Crippen molar-refractivity contribution in [1.29, 1.82) is 0 Å². The quantitative estimate of drug-likeness (QED) is 0.371. The average molecular weight is 504 g/mol. The van der Waals surface area contributed by atoms with E-state index in [1.165, 1.54) is 0 Å². The third-order valence-corrected chi connectivity index (χ3v) is 6.89. The summed E-state index contributed by atoms with van der Waals surface area (Å²) in [6.07, 6.45) is 2.92. The first-order valence-electron chi connectivity index (χ1n) is 11.1. The number of anilines is 2. The van der Waals surface area contributed by atoms with Crippen molar-refractivity contribution in [2.75, 3.05) is 15.9 Å². The zero-order valence-corrected chi connectivity index (χ0v) is 20.9. The van der Waals surface area contributed by atoms with Crippen LogP contribution in [0.25, 0.3) is 5.69 Å². The van der Waals surface area contributed by atoms with Gasteiger partial charge in [-0.2, -0.15) is 0 Å². The number of nitrogens with one attached hydrogen (secondary N) is 2. The minimum atomic E-state index is -3.37. The van der Waals surface area contributed by atoms with Crippen molar-refractivity contribution < 1.29 is 8.42 Å². The average Bonchev–Trinajstić information content (AvgIpc) is 3.39. The van der Waals surface area contributed by atoms with E-state index in [0.29, 0.717) is 10.8 Å². The lowest BCUT2D eigenvalue weighted by molar-refractivity contribution is 0.548. The number of thiocarbonyl (C=S) groups is 1. The molecule has 1 aliphatic heterocycles. The van der Waals surface area contributed by atoms with Crippen LogP contribution in [-0.2, 0) is 10.0 Å². The van der Waals surface area contributed by atoms with Crippen LogP contribution in [0.3, 0.4) is 0 Å². The third-order valence-electron chi connectivity index (χ3n) is 5.97. The van der Waals surface area contributed by atoms with Gasteiger partial charge in [-0.25, -0.2) is 8.42 Å². The van der Waals surface area contributed by atoms with Crippen molar-refractivity contribution in [1.82, 2.24) is 14.9 Å². The van der Waals surface area contributed by atoms with E-state index in [4.69, 9.17) is 12.2 Å². The Bertz CT molecular complexity index is 1450. The van der Waals surface area contributed by atoms with E-state index < -0.39 is 10.0 Å². The maximum Gasteiger partial charge on any atom is 0.229 e. The lowest BCUT2D eigenvalue weighted by atomic mass is 10.0. The topological polar surface area (TPSA) is 79.3 Å². The summed E-state index contributed by atoms with van der Waals surface area (Å²) in [5, 5.41) is 4.05. The molecule has 0 amide bonds. The summed E-state index contributed by atoms with van der Waals surface area (Å²) >= 11 is 5.83. The molecule has 9 heteroatoms. The minimum absolute atomic E-state index is 0.186. The number of benzene rings is 2. The van der Waals surface area contributed by atoms with E-state index in [0.717, 1.165) is 34.7 Å². The molecule has 3 heterocycles. The molecule has 7 nitrogen and oxygen atoms in total. The summed E-state index contributed by atoms with van der Waals surface area (Å²) in [6.45, 7) is 2.09. The van der Waals surface area contributed by atoms with Crippen LogP contribution in [0.5, 0.6) is 0 Å². The Balaban J connectivity index is 1.63. The molecular weight excluding hydrogens is 478 g/mol. The zero-order valence-electron chi connectivity index (χ0n) is 19.3. The molecule has 1 fully saturated rings. The summed E-state index contributed by atoms with van der Waals surface area (Å²) in [5.74, 6) is 0. The molecule has 2 atom stereocenters. The van der Waals surface area contributed by atoms with Crippen molar-refractivity contribution in [3.63, 3.8) is 0 Å². The fourth-order valence-corrected chi connectivity index (χ4v) is 5.47. The number of hydrogen-bond acceptors (Lipinski definition) is 4. The van der Waals surface area contributed by atoms with Crippen LogP contribution >= 0.6 is 12.2 Å². The summed E-state index contributed by atoms with van der Waals surface area (Å²) in [5.41, 5.74) is 5.47. The van der Waals surface area contributed by atoms with Gasteiger partial charge in [-0.3, -0.25) is 9.71 Å². The number of aryl methyl sites for hydroxylation is 1. The molecule has 0 spiro atoms. The van der Waals surface area contributed by atoms with E-state index in [2.05, 4.69) is 55.7 Å². The molecule has 35 heavy (non-hydrogen) atoms. The SMILES string of the molecule is Cc1ccc([C@H]2[C@H](c3ccccn3)NC(=S)N2c2ccc(NS(C)(=O)=O)cc2)n1-c1ccccc1. The van der Waals surface area contributed by atoms with Gasteiger partial charge in [0.05, 0.1) is 18.0 Å². The van der Waals surface area contributed by atoms with Crippen LogP contribution in [0, 0.1) is 6.92 Å². The summed E-state index contributed by atoms with van der Waals surface area (Å²) in [6, 6.07) is 27.2. The van der Waals surface area contributed by atoms with Gasteiger partial charge in [-0.05, 0) is 79.8 Å². The number of hydrogen-bond donors (Lipinski definition) is 2. The number of sulfonamides is 1. The van der Waals surface area contributed by atoms with Crippen LogP contribution in [0.1, 0.15) is 29.2 Å². The van der Waals surface area contributed by atoms with Crippen LogP contribution < -0.4 is 14.9 Å². The second-order valence-corrected chi connectivity index (χ2v) is 10.6. The first-order valence-corrected chi connectivity index (χ1v) is 13.4. The van der Waals surface area contributed by atoms with Gasteiger partial charge in [0.25, 0.3) is 0 Å². The predicted octanol–water partition coefficient (Wildman–Crippen LogP) is 4.73. The third kappa shape index (κ3) is 4.65. The van der Waals surface area contributed by atoms with Gasteiger partial charge in [0.2, 0.25) is 10.0 Å². The molecule has 0 unspecified atom stereocenters. The summed E-state index contributed by atoms with van der Waals surface area (Å²) < 4.78 is 28.0. The van der Waals surface area contributed by atoms with Crippen LogP contribution in [-0.4, -0.2) is 29.3 Å². The van der Waals surface area contributed by atoms with Gasteiger partial charge in [0.1, 0.15) is 6.04 Å². The normalized spacial score (nSPS) is 17.9. The summed E-state index contributed by atoms with van der Waals surface area (Å²) in [7, 11) is -3.37. The van der Waals surface area contributed by atoms with Gasteiger partial charge in [-0.15, -0.1) is 0 Å². The molecule has 2 N–H and O–H groups in total. The molecule has 0 aliphatic carbocycles. The fraction of sp³-hybridized carbons (Fsp3) is 0.154. The predicted molar refractivity (Wildman–Crippen MR) is 143 cm³/mol. The van der Waals surface area contributed by atoms with Crippen molar-refractivity contribution >= 4 is 38.7 Å². The highest BCUT2D eigenvalue weighted by Crippen LogP contribution is 2.43. The van der Waals surface area contributed by atoms with E-state index >= 15 is 0 Å². The van der Waals surface area contributed by atoms with E-state index in [1.54, 1.807) is 18.3 Å². The molecule has 2 aromatic heterocycles. The first kappa shape index (κ1) is 23.1. The molecular formula is C26H25N5O2S2. The van der Waals surface area contributed by atoms with E-state index in [1.807, 2.05) is 48.5 Å². The van der Waals surface area contributed by atoms with Crippen molar-refractivity contribution in [2.45, 2.75) is 19.0 Å². The minimum Gasteiger partial charge on any atom is -0.351 e. The molecule has 1 aliphatic rings. The number of rotatable bonds is 6. The maximum atomic E-state index is 11.6. The van der Waals surface area contributed by atoms with Crippen molar-refractivity contribution in [2.24, 2.45) is 0 Å². The molecule has 0 saturated carbocycles. The van der Waals surface area contributed by atoms with Crippen LogP contribution in [0.4, 0.5) is 11.4 Å². The van der Waals surface area contributed by atoms with Crippen molar-refractivity contribution in [3.05, 3.63) is 108 Å². The van der Waals surface area contributed by atoms with Gasteiger partial charge in [0, 0.05) is 34.6 Å². The largest absolute Gasteiger partial charge is 0.351 e. The van der Waals surface area contributed by atoms with E-state index in [-0.39, 0.29) is 12.1 Å². The molecule has 0 radical (unpaired) electrons. The smallest absolute Gasteiger partial charge is 0.229 e. The van der Waals surface area contributed by atoms with Gasteiger partial charge >= 0.3 is 0 Å². The fourth-order valence-electron chi connectivity index (χ4n) is 4.56. The lowest BCUT2D eigenvalue weighted by Crippen LogP contribution is -2.30. The number of aromatic nitrogens is 2. The molecule has 5 rings (SSSR count). The molecule has 4 aromatic rings. The second-order valence-electron chi connectivity index (χ2n) is 8.49. The standard InChI is InChI=1S/C26H25N5O2S2/c1-18-11-16-23(30(18)20-8-4-3-5-9-20)25-24(22-10-6-7-17-27-22)28-26(34)31(25)21-14-12-19(13-15-21)29-35(2,32)33/h3-17,24-25,29H,1-2H3,(H,28,34)/t24-,25-/m0/s1. The van der Waals surface area contributed by atoms with Crippen LogP contribution in [0.15, 0.2) is 91.1 Å². The van der Waals surface area contributed by atoms with E-state index in [9.17, 15) is 8.42 Å². The van der Waals surface area contributed by atoms with Crippen LogP contribution in [0.2, 0.25) is 0 Å². The number of nitrogens with zero attached hydrogens (tertiary/aromatic N) is 3. The Morgan fingerprint density at radius 2 is 1.63 bits per heavy atom. The molecule has 2 aromatic carbocycles. The number of pyridine rings is 1. The van der Waals surface area contributed by atoms with Crippen molar-refractivity contribution in [3.8, 4) is 5.69 Å². The Morgan fingerprint density at radius 3 is 2.29 bits per heavy atom. The first-order chi connectivity index (χ1) is 16.8. The highest BCUT2D eigenvalue weighted by molar-refractivity contribution is 7.92. The van der Waals surface area contributed by atoms with Gasteiger partial charge in [0.15, 0.2) is 5.11 Å². The molecule has 0 bridgehead atoms. The highest BCUT2D eigenvalue weighted by atomic mass is 32.2. The zero-order chi connectivity index (χ0) is 24.6. The van der Waals surface area contributed by atoms with Gasteiger partial charge < -0.3 is 14.8 Å². The Kier molecular flexibility index (Phi) is 6.04. The Hall–Kier alpha value is -3.69. The Labute approximate surface area is 210 Å². The molecule has 178 valence electrons. The van der Waals surface area contributed by atoms with Gasteiger partial charge in [-0.1, -0.05) is 24.3 Å². The lowest BCUT2D eigenvalue weighted by Gasteiger charge is -2.29. The molecule has 1 saturated heterocycles. The monoisotopic (exact) mass is 503 g/mol. The highest BCUT2D eigenvalue weighted by Gasteiger charge is 2.42.